The van der Waals surface area contributed by atoms with Crippen LogP contribution in [0.4, 0.5) is 0 Å². The first-order valence-electron chi connectivity index (χ1n) is 6.87. The molecule has 22 heavy (non-hydrogen) atoms. The highest BCUT2D eigenvalue weighted by Crippen LogP contribution is 2.27. The van der Waals surface area contributed by atoms with Crippen LogP contribution in [0.25, 0.3) is 0 Å². The quantitative estimate of drug-likeness (QED) is 0.553. The van der Waals surface area contributed by atoms with Gasteiger partial charge >= 0.3 is 0 Å². The Bertz CT molecular complexity index is 520. The van der Waals surface area contributed by atoms with Gasteiger partial charge in [0.2, 0.25) is 11.8 Å². The normalized spacial score (nSPS) is 11.5. The number of halogens is 1. The minimum Gasteiger partial charge on any atom is -0.493 e. The fourth-order valence-electron chi connectivity index (χ4n) is 1.77. The first-order valence-corrected chi connectivity index (χ1v) is 7.31. The van der Waals surface area contributed by atoms with Crippen molar-refractivity contribution in [1.82, 2.24) is 10.6 Å². The van der Waals surface area contributed by atoms with E-state index in [1.54, 1.807) is 39.3 Å². The summed E-state index contributed by atoms with van der Waals surface area (Å²) in [5, 5.41) is 4.75. The fraction of sp³-hybridized carbons (Fsp3) is 0.467. The molecule has 122 valence electrons. The highest BCUT2D eigenvalue weighted by molar-refractivity contribution is 6.30. The fourth-order valence-corrected chi connectivity index (χ4v) is 1.84. The van der Waals surface area contributed by atoms with Crippen LogP contribution < -0.4 is 20.1 Å². The Morgan fingerprint density at radius 2 is 1.77 bits per heavy atom. The minimum absolute atomic E-state index is 0.139. The lowest BCUT2D eigenvalue weighted by Crippen LogP contribution is -2.37. The second-order valence-electron chi connectivity index (χ2n) is 4.62. The van der Waals surface area contributed by atoms with E-state index in [1.807, 2.05) is 0 Å². The number of hydrogen-bond acceptors (Lipinski definition) is 4. The van der Waals surface area contributed by atoms with Gasteiger partial charge in [-0.05, 0) is 24.6 Å². The molecule has 0 aliphatic carbocycles. The number of benzene rings is 1. The van der Waals surface area contributed by atoms with Gasteiger partial charge in [-0.3, -0.25) is 9.59 Å². The molecule has 0 heterocycles. The second-order valence-corrected chi connectivity index (χ2v) is 5.28. The molecule has 7 heteroatoms. The van der Waals surface area contributed by atoms with E-state index >= 15 is 0 Å². The van der Waals surface area contributed by atoms with Gasteiger partial charge in [-0.1, -0.05) is 6.07 Å². The number of methoxy groups -OCH3 is 2. The van der Waals surface area contributed by atoms with E-state index in [-0.39, 0.29) is 18.2 Å². The van der Waals surface area contributed by atoms with E-state index in [0.717, 1.165) is 5.56 Å². The van der Waals surface area contributed by atoms with Crippen LogP contribution in [-0.4, -0.2) is 44.5 Å². The zero-order valence-electron chi connectivity index (χ0n) is 12.9. The molecule has 2 N–H and O–H groups in total. The third-order valence-electron chi connectivity index (χ3n) is 2.92. The molecule has 0 radical (unpaired) electrons. The predicted molar refractivity (Wildman–Crippen MR) is 84.6 cm³/mol. The van der Waals surface area contributed by atoms with Gasteiger partial charge in [-0.15, -0.1) is 11.6 Å². The molecule has 0 spiro atoms. The molecular weight excluding hydrogens is 308 g/mol. The standard InChI is InChI=1S/C15H21ClN2O4/c1-10(16)15(20)18-7-6-17-14(19)9-11-4-5-12(21-2)13(8-11)22-3/h4-5,8,10H,6-7,9H2,1-3H3,(H,17,19)(H,18,20). The topological polar surface area (TPSA) is 76.7 Å². The minimum atomic E-state index is -0.581. The SMILES string of the molecule is COc1ccc(CC(=O)NCCNC(=O)C(C)Cl)cc1OC. The molecule has 0 aromatic heterocycles. The average Bonchev–Trinajstić information content (AvgIpc) is 2.50. The molecule has 0 bridgehead atoms. The summed E-state index contributed by atoms with van der Waals surface area (Å²) in [5.41, 5.74) is 0.813. The molecular formula is C15H21ClN2O4. The van der Waals surface area contributed by atoms with Gasteiger partial charge in [0.05, 0.1) is 20.6 Å². The van der Waals surface area contributed by atoms with Gasteiger partial charge in [0.25, 0.3) is 0 Å². The number of nitrogens with one attached hydrogen (secondary N) is 2. The van der Waals surface area contributed by atoms with Gasteiger partial charge in [0, 0.05) is 13.1 Å². The van der Waals surface area contributed by atoms with Gasteiger partial charge in [-0.25, -0.2) is 0 Å². The van der Waals surface area contributed by atoms with Crippen molar-refractivity contribution in [1.29, 1.82) is 0 Å². The van der Waals surface area contributed by atoms with Crippen molar-refractivity contribution in [3.05, 3.63) is 23.8 Å². The third kappa shape index (κ3) is 5.81. The molecule has 0 fully saturated rings. The van der Waals surface area contributed by atoms with Crippen molar-refractivity contribution in [3.8, 4) is 11.5 Å². The summed E-state index contributed by atoms with van der Waals surface area (Å²) >= 11 is 5.61. The summed E-state index contributed by atoms with van der Waals surface area (Å²) in [6.45, 7) is 2.28. The zero-order chi connectivity index (χ0) is 16.5. The lowest BCUT2D eigenvalue weighted by molar-refractivity contribution is -0.122. The number of amides is 2. The highest BCUT2D eigenvalue weighted by Gasteiger charge is 2.09. The largest absolute Gasteiger partial charge is 0.493 e. The molecule has 1 unspecified atom stereocenters. The molecule has 2 amide bonds. The highest BCUT2D eigenvalue weighted by atomic mass is 35.5. The molecule has 1 rings (SSSR count). The van der Waals surface area contributed by atoms with E-state index < -0.39 is 5.38 Å². The molecule has 6 nitrogen and oxygen atoms in total. The molecule has 0 aliphatic rings. The van der Waals surface area contributed by atoms with Crippen molar-refractivity contribution in [2.75, 3.05) is 27.3 Å². The maximum Gasteiger partial charge on any atom is 0.237 e. The van der Waals surface area contributed by atoms with Gasteiger partial charge < -0.3 is 20.1 Å². The summed E-state index contributed by atoms with van der Waals surface area (Å²) in [5.74, 6) is 0.803. The van der Waals surface area contributed by atoms with Crippen LogP contribution in [0.2, 0.25) is 0 Å². The van der Waals surface area contributed by atoms with Crippen molar-refractivity contribution in [2.24, 2.45) is 0 Å². The number of hydrogen-bond donors (Lipinski definition) is 2. The van der Waals surface area contributed by atoms with Gasteiger partial charge in [0.1, 0.15) is 5.38 Å². The summed E-state index contributed by atoms with van der Waals surface area (Å²) in [6, 6.07) is 5.32. The van der Waals surface area contributed by atoms with Crippen LogP contribution in [0, 0.1) is 0 Å². The van der Waals surface area contributed by atoms with E-state index in [2.05, 4.69) is 10.6 Å². The first kappa shape index (κ1) is 18.1. The summed E-state index contributed by atoms with van der Waals surface area (Å²) in [4.78, 5) is 23.1. The van der Waals surface area contributed by atoms with Crippen LogP contribution >= 0.6 is 11.6 Å². The van der Waals surface area contributed by atoms with Crippen molar-refractivity contribution in [3.63, 3.8) is 0 Å². The van der Waals surface area contributed by atoms with E-state index in [1.165, 1.54) is 0 Å². The predicted octanol–water partition coefficient (Wildman–Crippen LogP) is 1.11. The lowest BCUT2D eigenvalue weighted by Gasteiger charge is -2.10. The monoisotopic (exact) mass is 328 g/mol. The second kappa shape index (κ2) is 9.15. The summed E-state index contributed by atoms with van der Waals surface area (Å²) < 4.78 is 10.3. The third-order valence-corrected chi connectivity index (χ3v) is 3.12. The van der Waals surface area contributed by atoms with Crippen molar-refractivity contribution >= 4 is 23.4 Å². The number of carbonyl (C=O) groups is 2. The smallest absolute Gasteiger partial charge is 0.237 e. The Hall–Kier alpha value is -1.95. The van der Waals surface area contributed by atoms with Crippen LogP contribution in [0.3, 0.4) is 0 Å². The molecule has 0 aliphatic heterocycles. The van der Waals surface area contributed by atoms with E-state index in [0.29, 0.717) is 24.6 Å². The summed E-state index contributed by atoms with van der Waals surface area (Å²) in [7, 11) is 3.10. The van der Waals surface area contributed by atoms with E-state index in [4.69, 9.17) is 21.1 Å². The molecule has 1 aromatic carbocycles. The Balaban J connectivity index is 2.40. The van der Waals surface area contributed by atoms with Crippen molar-refractivity contribution in [2.45, 2.75) is 18.7 Å². The van der Waals surface area contributed by atoms with Crippen LogP contribution in [0.15, 0.2) is 18.2 Å². The maximum absolute atomic E-state index is 11.8. The Morgan fingerprint density at radius 1 is 1.14 bits per heavy atom. The van der Waals surface area contributed by atoms with Crippen LogP contribution in [0.1, 0.15) is 12.5 Å². The molecule has 0 saturated heterocycles. The lowest BCUT2D eigenvalue weighted by atomic mass is 10.1. The first-order chi connectivity index (χ1) is 10.5. The number of rotatable bonds is 8. The average molecular weight is 329 g/mol. The number of ether oxygens (including phenoxy) is 2. The van der Waals surface area contributed by atoms with E-state index in [9.17, 15) is 9.59 Å². The van der Waals surface area contributed by atoms with Gasteiger partial charge in [-0.2, -0.15) is 0 Å². The Kier molecular flexibility index (Phi) is 7.52. The number of carbonyl (C=O) groups excluding carboxylic acids is 2. The summed E-state index contributed by atoms with van der Waals surface area (Å²) in [6.07, 6.45) is 0.222. The van der Waals surface area contributed by atoms with Crippen LogP contribution in [-0.2, 0) is 16.0 Å². The van der Waals surface area contributed by atoms with Crippen LogP contribution in [0.5, 0.6) is 11.5 Å². The molecule has 0 saturated carbocycles. The maximum atomic E-state index is 11.8. The van der Waals surface area contributed by atoms with Gasteiger partial charge in [0.15, 0.2) is 11.5 Å². The molecule has 1 atom stereocenters. The number of alkyl halides is 1. The van der Waals surface area contributed by atoms with Crippen molar-refractivity contribution < 1.29 is 19.1 Å². The molecule has 1 aromatic rings. The Labute approximate surface area is 135 Å². The zero-order valence-corrected chi connectivity index (χ0v) is 13.7. The Morgan fingerprint density at radius 3 is 2.36 bits per heavy atom.